The molecule has 2 aromatic heterocycles. The van der Waals surface area contributed by atoms with Gasteiger partial charge in [0, 0.05) is 67.8 Å². The second kappa shape index (κ2) is 9.26. The van der Waals surface area contributed by atoms with Crippen LogP contribution in [0.25, 0.3) is 11.3 Å². The number of hydrogen-bond acceptors (Lipinski definition) is 5. The average molecular weight is 479 g/mol. The summed E-state index contributed by atoms with van der Waals surface area (Å²) in [5, 5.41) is 7.57. The molecule has 3 aromatic rings. The van der Waals surface area contributed by atoms with Gasteiger partial charge in [0.1, 0.15) is 5.69 Å². The number of carbonyl (C=O) groups excluding carboxylic acids is 3. The van der Waals surface area contributed by atoms with Crippen molar-refractivity contribution in [1.82, 2.24) is 25.0 Å². The number of halogens is 1. The summed E-state index contributed by atoms with van der Waals surface area (Å²) in [6.07, 6.45) is 3.55. The Labute approximate surface area is 201 Å². The summed E-state index contributed by atoms with van der Waals surface area (Å²) >= 11 is 6.05. The van der Waals surface area contributed by atoms with Crippen molar-refractivity contribution < 1.29 is 14.4 Å². The standard InChI is InChI=1S/C24H23ClN6O3/c25-18-4-1-5-19(12-18)31-15-17(11-22(31)32)23(33)29-7-9-30(10-8-29)24(34)21-13-20(27-28-21)16-3-2-6-26-14-16/h1-6,12-14,17H,7-11,15H2,(H,27,28)/t17-/m0/s1. The highest BCUT2D eigenvalue weighted by molar-refractivity contribution is 6.31. The average Bonchev–Trinajstić information content (AvgIpc) is 3.51. The lowest BCUT2D eigenvalue weighted by Gasteiger charge is -2.35. The number of piperazine rings is 1. The fourth-order valence-corrected chi connectivity index (χ4v) is 4.60. The molecule has 2 saturated heterocycles. The minimum atomic E-state index is -0.400. The number of benzene rings is 1. The Hall–Kier alpha value is -3.72. The number of anilines is 1. The van der Waals surface area contributed by atoms with E-state index in [1.807, 2.05) is 18.2 Å². The van der Waals surface area contributed by atoms with Crippen molar-refractivity contribution in [2.45, 2.75) is 6.42 Å². The van der Waals surface area contributed by atoms with Crippen LogP contribution in [0, 0.1) is 5.92 Å². The van der Waals surface area contributed by atoms with Crippen LogP contribution < -0.4 is 4.90 Å². The van der Waals surface area contributed by atoms with Crippen molar-refractivity contribution in [2.24, 2.45) is 5.92 Å². The number of nitrogens with one attached hydrogen (secondary N) is 1. The molecular weight excluding hydrogens is 456 g/mol. The number of pyridine rings is 1. The first-order chi connectivity index (χ1) is 16.5. The number of hydrogen-bond donors (Lipinski definition) is 1. The molecular formula is C24H23ClN6O3. The first-order valence-electron chi connectivity index (χ1n) is 11.1. The third-order valence-corrected chi connectivity index (χ3v) is 6.47. The SMILES string of the molecule is O=C(c1cc(-c2cccnc2)n[nH]1)N1CCN(C(=O)[C@H]2CC(=O)N(c3cccc(Cl)c3)C2)CC1. The fraction of sp³-hybridized carbons (Fsp3) is 0.292. The first-order valence-corrected chi connectivity index (χ1v) is 11.5. The summed E-state index contributed by atoms with van der Waals surface area (Å²) in [7, 11) is 0. The maximum Gasteiger partial charge on any atom is 0.272 e. The molecule has 4 heterocycles. The second-order valence-corrected chi connectivity index (χ2v) is 8.85. The Morgan fingerprint density at radius 3 is 2.56 bits per heavy atom. The molecule has 1 atom stereocenters. The zero-order valence-electron chi connectivity index (χ0n) is 18.4. The van der Waals surface area contributed by atoms with E-state index >= 15 is 0 Å². The van der Waals surface area contributed by atoms with E-state index in [9.17, 15) is 14.4 Å². The fourth-order valence-electron chi connectivity index (χ4n) is 4.42. The van der Waals surface area contributed by atoms with Gasteiger partial charge in [0.05, 0.1) is 11.6 Å². The van der Waals surface area contributed by atoms with E-state index in [-0.39, 0.29) is 24.1 Å². The van der Waals surface area contributed by atoms with E-state index in [0.717, 1.165) is 5.56 Å². The van der Waals surface area contributed by atoms with Gasteiger partial charge in [0.2, 0.25) is 11.8 Å². The van der Waals surface area contributed by atoms with Gasteiger partial charge in [0.25, 0.3) is 5.91 Å². The zero-order chi connectivity index (χ0) is 23.7. The Bertz CT molecular complexity index is 1220. The molecule has 0 radical (unpaired) electrons. The molecule has 9 nitrogen and oxygen atoms in total. The van der Waals surface area contributed by atoms with E-state index in [4.69, 9.17) is 11.6 Å². The highest BCUT2D eigenvalue weighted by atomic mass is 35.5. The van der Waals surface area contributed by atoms with Crippen molar-refractivity contribution in [3.63, 3.8) is 0 Å². The normalized spacial score (nSPS) is 18.4. The third-order valence-electron chi connectivity index (χ3n) is 6.24. The molecule has 34 heavy (non-hydrogen) atoms. The molecule has 1 N–H and O–H groups in total. The predicted molar refractivity (Wildman–Crippen MR) is 126 cm³/mol. The lowest BCUT2D eigenvalue weighted by atomic mass is 10.1. The summed E-state index contributed by atoms with van der Waals surface area (Å²) in [5.74, 6) is -0.690. The van der Waals surface area contributed by atoms with Crippen molar-refractivity contribution in [1.29, 1.82) is 0 Å². The van der Waals surface area contributed by atoms with Crippen molar-refractivity contribution in [3.05, 3.63) is 65.6 Å². The molecule has 10 heteroatoms. The third kappa shape index (κ3) is 4.38. The predicted octanol–water partition coefficient (Wildman–Crippen LogP) is 2.46. The van der Waals surface area contributed by atoms with Gasteiger partial charge in [-0.2, -0.15) is 5.10 Å². The zero-order valence-corrected chi connectivity index (χ0v) is 19.1. The molecule has 5 rings (SSSR count). The van der Waals surface area contributed by atoms with Gasteiger partial charge in [-0.05, 0) is 36.4 Å². The molecule has 0 spiro atoms. The van der Waals surface area contributed by atoms with Gasteiger partial charge < -0.3 is 14.7 Å². The van der Waals surface area contributed by atoms with Gasteiger partial charge >= 0.3 is 0 Å². The van der Waals surface area contributed by atoms with Gasteiger partial charge in [-0.1, -0.05) is 17.7 Å². The number of rotatable bonds is 4. The highest BCUT2D eigenvalue weighted by Crippen LogP contribution is 2.28. The Morgan fingerprint density at radius 1 is 1.03 bits per heavy atom. The summed E-state index contributed by atoms with van der Waals surface area (Å²) in [4.78, 5) is 47.7. The van der Waals surface area contributed by atoms with Crippen molar-refractivity contribution >= 4 is 35.0 Å². The molecule has 2 fully saturated rings. The topological polar surface area (TPSA) is 102 Å². The van der Waals surface area contributed by atoms with Crippen LogP contribution in [0.15, 0.2) is 54.9 Å². The summed E-state index contributed by atoms with van der Waals surface area (Å²) in [6.45, 7) is 2.03. The monoisotopic (exact) mass is 478 g/mol. The van der Waals surface area contributed by atoms with Crippen LogP contribution in [0.5, 0.6) is 0 Å². The molecule has 2 aliphatic rings. The van der Waals surface area contributed by atoms with Gasteiger partial charge in [0.15, 0.2) is 0 Å². The maximum absolute atomic E-state index is 13.1. The molecule has 174 valence electrons. The largest absolute Gasteiger partial charge is 0.339 e. The summed E-state index contributed by atoms with van der Waals surface area (Å²) in [6, 6.07) is 12.5. The van der Waals surface area contributed by atoms with E-state index in [1.165, 1.54) is 0 Å². The van der Waals surface area contributed by atoms with Crippen molar-refractivity contribution in [2.75, 3.05) is 37.6 Å². The lowest BCUT2D eigenvalue weighted by molar-refractivity contribution is -0.137. The van der Waals surface area contributed by atoms with E-state index in [2.05, 4.69) is 15.2 Å². The second-order valence-electron chi connectivity index (χ2n) is 8.41. The summed E-state index contributed by atoms with van der Waals surface area (Å²) < 4.78 is 0. The molecule has 0 saturated carbocycles. The van der Waals surface area contributed by atoms with Gasteiger partial charge in [-0.25, -0.2) is 0 Å². The van der Waals surface area contributed by atoms with Gasteiger partial charge in [-0.15, -0.1) is 0 Å². The number of aromatic amines is 1. The van der Waals surface area contributed by atoms with Crippen LogP contribution in [0.3, 0.4) is 0 Å². The number of nitrogens with zero attached hydrogens (tertiary/aromatic N) is 5. The Kier molecular flexibility index (Phi) is 6.02. The first kappa shape index (κ1) is 22.1. The van der Waals surface area contributed by atoms with E-state index < -0.39 is 5.92 Å². The Morgan fingerprint density at radius 2 is 1.82 bits per heavy atom. The minimum absolute atomic E-state index is 0.0506. The number of carbonyl (C=O) groups is 3. The highest BCUT2D eigenvalue weighted by Gasteiger charge is 2.38. The molecule has 0 bridgehead atoms. The summed E-state index contributed by atoms with van der Waals surface area (Å²) in [5.41, 5.74) is 2.58. The van der Waals surface area contributed by atoms with Crippen LogP contribution in [0.2, 0.25) is 5.02 Å². The molecule has 1 aromatic carbocycles. The molecule has 0 aliphatic carbocycles. The molecule has 0 unspecified atom stereocenters. The molecule has 3 amide bonds. The van der Waals surface area contributed by atoms with Crippen LogP contribution in [-0.4, -0.2) is 75.4 Å². The van der Waals surface area contributed by atoms with E-state index in [0.29, 0.717) is 54.8 Å². The Balaban J connectivity index is 1.18. The smallest absolute Gasteiger partial charge is 0.272 e. The van der Waals surface area contributed by atoms with Crippen LogP contribution in [0.4, 0.5) is 5.69 Å². The van der Waals surface area contributed by atoms with E-state index in [1.54, 1.807) is 51.4 Å². The number of H-pyrrole nitrogens is 1. The quantitative estimate of drug-likeness (QED) is 0.620. The lowest BCUT2D eigenvalue weighted by Crippen LogP contribution is -2.52. The number of aromatic nitrogens is 3. The van der Waals surface area contributed by atoms with Crippen LogP contribution in [0.1, 0.15) is 16.9 Å². The number of amides is 3. The van der Waals surface area contributed by atoms with Crippen LogP contribution >= 0.6 is 11.6 Å². The minimum Gasteiger partial charge on any atom is -0.339 e. The van der Waals surface area contributed by atoms with Gasteiger partial charge in [-0.3, -0.25) is 24.5 Å². The van der Waals surface area contributed by atoms with Crippen molar-refractivity contribution in [3.8, 4) is 11.3 Å². The molecule has 2 aliphatic heterocycles. The maximum atomic E-state index is 13.1. The van der Waals surface area contributed by atoms with Crippen LogP contribution in [-0.2, 0) is 9.59 Å².